The maximum Gasteiger partial charge on any atom is 0.308 e. The van der Waals surface area contributed by atoms with Crippen molar-refractivity contribution in [1.29, 1.82) is 0 Å². The van der Waals surface area contributed by atoms with E-state index in [2.05, 4.69) is 15.3 Å². The van der Waals surface area contributed by atoms with Gasteiger partial charge in [-0.05, 0) is 74.8 Å². The first kappa shape index (κ1) is 15.2. The monoisotopic (exact) mass is 335 g/mol. The third kappa shape index (κ3) is 2.69. The number of aromatic nitrogens is 2. The van der Waals surface area contributed by atoms with E-state index < -0.39 is 5.97 Å². The average Bonchev–Trinajstić information content (AvgIpc) is 2.55. The molecule has 1 aromatic heterocycles. The highest BCUT2D eigenvalue weighted by Crippen LogP contribution is 2.46. The van der Waals surface area contributed by atoms with E-state index in [1.807, 2.05) is 0 Å². The number of rotatable bonds is 3. The molecule has 5 rings (SSSR count). The van der Waals surface area contributed by atoms with E-state index in [-0.39, 0.29) is 17.2 Å². The lowest BCUT2D eigenvalue weighted by Crippen LogP contribution is -2.51. The van der Waals surface area contributed by atoms with Gasteiger partial charge in [0, 0.05) is 11.6 Å². The van der Waals surface area contributed by atoms with Crippen LogP contribution in [0.15, 0.2) is 0 Å². The summed E-state index contributed by atoms with van der Waals surface area (Å²) in [6.07, 6.45) is 8.47. The Hall–Kier alpha value is -1.36. The minimum absolute atomic E-state index is 0.0306. The van der Waals surface area contributed by atoms with Crippen LogP contribution in [0.2, 0.25) is 5.28 Å². The molecule has 0 aromatic carbocycles. The number of carboxylic acid groups (broad SMARTS) is 1. The molecular weight excluding hydrogens is 314 g/mol. The molecule has 0 spiro atoms. The van der Waals surface area contributed by atoms with Gasteiger partial charge in [0.15, 0.2) is 0 Å². The van der Waals surface area contributed by atoms with Gasteiger partial charge in [-0.1, -0.05) is 0 Å². The number of fused-ring (bicyclic) bond motifs is 4. The summed E-state index contributed by atoms with van der Waals surface area (Å²) in [4.78, 5) is 20.6. The van der Waals surface area contributed by atoms with Crippen LogP contribution in [0.1, 0.15) is 49.8 Å². The Balaban J connectivity index is 1.67. The van der Waals surface area contributed by atoms with Crippen molar-refractivity contribution >= 4 is 23.4 Å². The number of carbonyl (C=O) groups is 1. The molecule has 23 heavy (non-hydrogen) atoms. The topological polar surface area (TPSA) is 75.1 Å². The van der Waals surface area contributed by atoms with Gasteiger partial charge in [0.25, 0.3) is 0 Å². The summed E-state index contributed by atoms with van der Waals surface area (Å²) in [6.45, 7) is 0. The largest absolute Gasteiger partial charge is 0.481 e. The second-order valence-corrected chi connectivity index (χ2v) is 7.52. The average molecular weight is 336 g/mol. The molecule has 4 aliphatic rings. The molecule has 6 heteroatoms. The Labute approximate surface area is 140 Å². The van der Waals surface area contributed by atoms with Crippen molar-refractivity contribution in [2.75, 3.05) is 5.32 Å². The molecule has 2 unspecified atom stereocenters. The fourth-order valence-electron chi connectivity index (χ4n) is 4.85. The Morgan fingerprint density at radius 1 is 1.09 bits per heavy atom. The predicted octanol–water partition coefficient (Wildman–Crippen LogP) is 3.31. The lowest BCUT2D eigenvalue weighted by atomic mass is 9.61. The number of aliphatic carboxylic acids is 1. The molecule has 0 amide bonds. The van der Waals surface area contributed by atoms with E-state index in [4.69, 9.17) is 11.6 Å². The Morgan fingerprint density at radius 2 is 1.78 bits per heavy atom. The molecule has 2 N–H and O–H groups in total. The highest BCUT2D eigenvalue weighted by atomic mass is 35.5. The van der Waals surface area contributed by atoms with E-state index in [9.17, 15) is 9.90 Å². The summed E-state index contributed by atoms with van der Waals surface area (Å²) in [5.74, 6) is 0.516. The molecule has 0 radical (unpaired) electrons. The summed E-state index contributed by atoms with van der Waals surface area (Å²) in [5, 5.41) is 13.5. The zero-order valence-electron chi connectivity index (χ0n) is 13.1. The van der Waals surface area contributed by atoms with Crippen LogP contribution in [0.5, 0.6) is 0 Å². The first-order valence-electron chi connectivity index (χ1n) is 8.68. The number of anilines is 1. The molecule has 0 aliphatic heterocycles. The Bertz CT molecular complexity index is 629. The van der Waals surface area contributed by atoms with Gasteiger partial charge in [0.05, 0.1) is 11.6 Å². The quantitative estimate of drug-likeness (QED) is 0.829. The van der Waals surface area contributed by atoms with Crippen LogP contribution in [0.3, 0.4) is 0 Å². The minimum Gasteiger partial charge on any atom is -0.481 e. The van der Waals surface area contributed by atoms with Crippen LogP contribution in [0.4, 0.5) is 5.82 Å². The molecule has 1 aromatic rings. The number of hydrogen-bond donors (Lipinski definition) is 2. The van der Waals surface area contributed by atoms with E-state index in [1.54, 1.807) is 0 Å². The van der Waals surface area contributed by atoms with Crippen molar-refractivity contribution in [2.24, 2.45) is 17.8 Å². The summed E-state index contributed by atoms with van der Waals surface area (Å²) in [6, 6.07) is -0.0306. The van der Waals surface area contributed by atoms with Crippen LogP contribution in [-0.2, 0) is 17.6 Å². The highest BCUT2D eigenvalue weighted by Gasteiger charge is 2.47. The molecule has 4 aliphatic carbocycles. The third-order valence-electron chi connectivity index (χ3n) is 5.96. The SMILES string of the molecule is O=C(O)C1C2CCC(CC2)C1Nc1nc(Cl)nc2c1CCCC2. The molecule has 2 atom stereocenters. The molecule has 124 valence electrons. The smallest absolute Gasteiger partial charge is 0.308 e. The van der Waals surface area contributed by atoms with E-state index in [1.165, 1.54) is 0 Å². The van der Waals surface area contributed by atoms with E-state index in [0.717, 1.165) is 68.4 Å². The number of nitrogens with one attached hydrogen (secondary N) is 1. The van der Waals surface area contributed by atoms with Crippen LogP contribution in [0, 0.1) is 17.8 Å². The zero-order chi connectivity index (χ0) is 16.0. The zero-order valence-corrected chi connectivity index (χ0v) is 13.9. The maximum absolute atomic E-state index is 11.8. The maximum atomic E-state index is 11.8. The van der Waals surface area contributed by atoms with Gasteiger partial charge in [-0.3, -0.25) is 4.79 Å². The molecule has 3 fully saturated rings. The van der Waals surface area contributed by atoms with Crippen molar-refractivity contribution in [3.05, 3.63) is 16.5 Å². The first-order chi connectivity index (χ1) is 11.1. The lowest BCUT2D eigenvalue weighted by molar-refractivity contribution is -0.148. The standard InChI is InChI=1S/C17H22ClN3O2/c18-17-19-12-4-2-1-3-11(12)15(21-17)20-14-10-7-5-9(6-8-10)13(14)16(22)23/h9-10,13-14H,1-8H2,(H,22,23)(H,19,20,21). The van der Waals surface area contributed by atoms with Crippen LogP contribution >= 0.6 is 11.6 Å². The normalized spacial score (nSPS) is 32.4. The van der Waals surface area contributed by atoms with Gasteiger partial charge in [0.1, 0.15) is 5.82 Å². The van der Waals surface area contributed by atoms with E-state index in [0.29, 0.717) is 11.8 Å². The van der Waals surface area contributed by atoms with Gasteiger partial charge >= 0.3 is 5.97 Å². The van der Waals surface area contributed by atoms with Gasteiger partial charge in [-0.2, -0.15) is 0 Å². The number of carboxylic acids is 1. The third-order valence-corrected chi connectivity index (χ3v) is 6.13. The Morgan fingerprint density at radius 3 is 2.52 bits per heavy atom. The van der Waals surface area contributed by atoms with Gasteiger partial charge in [-0.25, -0.2) is 9.97 Å². The summed E-state index contributed by atoms with van der Waals surface area (Å²) in [5.41, 5.74) is 2.18. The summed E-state index contributed by atoms with van der Waals surface area (Å²) in [7, 11) is 0. The fraction of sp³-hybridized carbons (Fsp3) is 0.706. The molecule has 1 heterocycles. The first-order valence-corrected chi connectivity index (χ1v) is 9.06. The van der Waals surface area contributed by atoms with Crippen LogP contribution in [-0.4, -0.2) is 27.1 Å². The number of nitrogens with zero attached hydrogens (tertiary/aromatic N) is 2. The molecule has 3 saturated carbocycles. The fourth-order valence-corrected chi connectivity index (χ4v) is 5.04. The van der Waals surface area contributed by atoms with Crippen molar-refractivity contribution < 1.29 is 9.90 Å². The van der Waals surface area contributed by atoms with E-state index >= 15 is 0 Å². The molecule has 0 saturated heterocycles. The minimum atomic E-state index is -0.675. The molecular formula is C17H22ClN3O2. The predicted molar refractivity (Wildman–Crippen MR) is 87.7 cm³/mol. The van der Waals surface area contributed by atoms with Crippen molar-refractivity contribution in [2.45, 2.75) is 57.4 Å². The second kappa shape index (κ2) is 5.93. The number of aryl methyl sites for hydroxylation is 1. The Kier molecular flexibility index (Phi) is 3.92. The van der Waals surface area contributed by atoms with Gasteiger partial charge < -0.3 is 10.4 Å². The van der Waals surface area contributed by atoms with Gasteiger partial charge in [0.2, 0.25) is 5.28 Å². The number of halogens is 1. The van der Waals surface area contributed by atoms with Crippen LogP contribution < -0.4 is 5.32 Å². The van der Waals surface area contributed by atoms with Gasteiger partial charge in [-0.15, -0.1) is 0 Å². The summed E-state index contributed by atoms with van der Waals surface area (Å²) >= 11 is 6.10. The van der Waals surface area contributed by atoms with Crippen molar-refractivity contribution in [3.63, 3.8) is 0 Å². The van der Waals surface area contributed by atoms with Crippen molar-refractivity contribution in [1.82, 2.24) is 9.97 Å². The van der Waals surface area contributed by atoms with Crippen LogP contribution in [0.25, 0.3) is 0 Å². The number of hydrogen-bond acceptors (Lipinski definition) is 4. The molecule has 5 nitrogen and oxygen atoms in total. The highest BCUT2D eigenvalue weighted by molar-refractivity contribution is 6.28. The summed E-state index contributed by atoms with van der Waals surface area (Å²) < 4.78 is 0. The lowest BCUT2D eigenvalue weighted by Gasteiger charge is -2.47. The molecule has 2 bridgehead atoms. The van der Waals surface area contributed by atoms with Crippen molar-refractivity contribution in [3.8, 4) is 0 Å². The second-order valence-electron chi connectivity index (χ2n) is 7.18.